The van der Waals surface area contributed by atoms with Gasteiger partial charge in [-0.05, 0) is 19.4 Å². The predicted octanol–water partition coefficient (Wildman–Crippen LogP) is 0.236. The Balaban J connectivity index is 4.40. The second kappa shape index (κ2) is 4.99. The van der Waals surface area contributed by atoms with E-state index in [-0.39, 0.29) is 13.1 Å². The Hall–Kier alpha value is -1.27. The molecule has 0 aromatic carbocycles. The summed E-state index contributed by atoms with van der Waals surface area (Å²) in [6.07, 6.45) is 1.00. The first-order valence-corrected chi connectivity index (χ1v) is 6.11. The third-order valence-corrected chi connectivity index (χ3v) is 4.07. The van der Waals surface area contributed by atoms with Crippen molar-refractivity contribution in [2.75, 3.05) is 19.3 Å². The first-order valence-electron chi connectivity index (χ1n) is 4.22. The van der Waals surface area contributed by atoms with Crippen molar-refractivity contribution in [2.45, 2.75) is 18.6 Å². The van der Waals surface area contributed by atoms with Crippen LogP contribution in [0.15, 0.2) is 5.11 Å². The molecule has 0 aromatic rings. The largest absolute Gasteiger partial charge is 0.355 e. The Morgan fingerprint density at radius 2 is 2.07 bits per heavy atom. The molecule has 0 fully saturated rings. The van der Waals surface area contributed by atoms with Gasteiger partial charge in [0, 0.05) is 24.3 Å². The van der Waals surface area contributed by atoms with Crippen LogP contribution in [0.4, 0.5) is 0 Å². The van der Waals surface area contributed by atoms with Crippen LogP contribution in [0.3, 0.4) is 0 Å². The monoisotopic (exact) mass is 234 g/mol. The summed E-state index contributed by atoms with van der Waals surface area (Å²) in [5.74, 6) is -0.599. The maximum absolute atomic E-state index is 11.4. The number of carbonyl (C=O) groups excluding carboxylic acids is 1. The molecule has 0 atom stereocenters. The number of carbonyl (C=O) groups is 1. The minimum atomic E-state index is -3.46. The van der Waals surface area contributed by atoms with Crippen LogP contribution in [0.1, 0.15) is 13.8 Å². The van der Waals surface area contributed by atoms with Crippen LogP contribution in [-0.4, -0.2) is 38.4 Å². The Morgan fingerprint density at radius 1 is 1.53 bits per heavy atom. The highest BCUT2D eigenvalue weighted by molar-refractivity contribution is 7.92. The summed E-state index contributed by atoms with van der Waals surface area (Å²) in [5.41, 5.74) is 7.97. The lowest BCUT2D eigenvalue weighted by Crippen LogP contribution is -2.48. The number of hydrogen-bond acceptors (Lipinski definition) is 4. The molecule has 0 bridgehead atoms. The first-order chi connectivity index (χ1) is 6.73. The maximum Gasteiger partial charge on any atom is 0.240 e. The molecule has 8 heteroatoms. The van der Waals surface area contributed by atoms with Gasteiger partial charge in [-0.3, -0.25) is 4.79 Å². The topological polar surface area (TPSA) is 112 Å². The van der Waals surface area contributed by atoms with E-state index in [2.05, 4.69) is 15.3 Å². The number of sulfone groups is 1. The molecular formula is C7H14N4O3S. The van der Waals surface area contributed by atoms with Crippen molar-refractivity contribution in [3.63, 3.8) is 0 Å². The standard InChI is InChI=1S/C7H14N4O3S/c1-7(2,15(3,13)14)6(12)9-4-5-10-11-8/h4-5H2,1-3H3,(H,9,12). The van der Waals surface area contributed by atoms with E-state index in [4.69, 9.17) is 5.53 Å². The zero-order chi connectivity index (χ0) is 12.1. The fraction of sp³-hybridized carbons (Fsp3) is 0.857. The van der Waals surface area contributed by atoms with Crippen molar-refractivity contribution < 1.29 is 13.2 Å². The number of nitrogens with zero attached hydrogens (tertiary/aromatic N) is 3. The molecule has 0 rings (SSSR count). The summed E-state index contributed by atoms with van der Waals surface area (Å²) in [6.45, 7) is 2.88. The van der Waals surface area contributed by atoms with Gasteiger partial charge in [0.1, 0.15) is 4.75 Å². The average Bonchev–Trinajstić information content (AvgIpc) is 2.10. The van der Waals surface area contributed by atoms with Crippen LogP contribution in [0.25, 0.3) is 10.4 Å². The van der Waals surface area contributed by atoms with Gasteiger partial charge in [0.2, 0.25) is 5.91 Å². The molecule has 7 nitrogen and oxygen atoms in total. The van der Waals surface area contributed by atoms with E-state index < -0.39 is 20.5 Å². The van der Waals surface area contributed by atoms with E-state index >= 15 is 0 Å². The van der Waals surface area contributed by atoms with Gasteiger partial charge < -0.3 is 5.32 Å². The molecule has 1 N–H and O–H groups in total. The molecule has 0 heterocycles. The number of amides is 1. The first kappa shape index (κ1) is 13.7. The van der Waals surface area contributed by atoms with Crippen molar-refractivity contribution in [1.29, 1.82) is 0 Å². The number of azide groups is 1. The lowest BCUT2D eigenvalue weighted by molar-refractivity contribution is -0.122. The van der Waals surface area contributed by atoms with Crippen LogP contribution in [0, 0.1) is 0 Å². The van der Waals surface area contributed by atoms with Gasteiger partial charge >= 0.3 is 0 Å². The quantitative estimate of drug-likeness (QED) is 0.318. The highest BCUT2D eigenvalue weighted by Gasteiger charge is 2.37. The van der Waals surface area contributed by atoms with Crippen molar-refractivity contribution in [2.24, 2.45) is 5.11 Å². The third kappa shape index (κ3) is 3.77. The van der Waals surface area contributed by atoms with Gasteiger partial charge in [-0.25, -0.2) is 8.42 Å². The molecule has 0 aliphatic heterocycles. The summed E-state index contributed by atoms with van der Waals surface area (Å²) >= 11 is 0. The van der Waals surface area contributed by atoms with Crippen molar-refractivity contribution in [1.82, 2.24) is 5.32 Å². The average molecular weight is 234 g/mol. The molecule has 0 aliphatic rings. The Morgan fingerprint density at radius 3 is 2.47 bits per heavy atom. The molecule has 0 radical (unpaired) electrons. The summed E-state index contributed by atoms with van der Waals surface area (Å²) < 4.78 is 21.0. The van der Waals surface area contributed by atoms with E-state index in [9.17, 15) is 13.2 Å². The van der Waals surface area contributed by atoms with Crippen molar-refractivity contribution >= 4 is 15.7 Å². The summed E-state index contributed by atoms with van der Waals surface area (Å²) in [5, 5.41) is 5.59. The van der Waals surface area contributed by atoms with Crippen LogP contribution in [-0.2, 0) is 14.6 Å². The van der Waals surface area contributed by atoms with Gasteiger partial charge in [-0.2, -0.15) is 0 Å². The molecular weight excluding hydrogens is 220 g/mol. The van der Waals surface area contributed by atoms with Crippen molar-refractivity contribution in [3.8, 4) is 0 Å². The molecule has 15 heavy (non-hydrogen) atoms. The maximum atomic E-state index is 11.4. The van der Waals surface area contributed by atoms with Gasteiger partial charge in [0.25, 0.3) is 0 Å². The molecule has 1 amide bonds. The highest BCUT2D eigenvalue weighted by atomic mass is 32.2. The molecule has 0 aliphatic carbocycles. The van der Waals surface area contributed by atoms with Gasteiger partial charge in [0.15, 0.2) is 9.84 Å². The zero-order valence-corrected chi connectivity index (χ0v) is 9.71. The Bertz CT molecular complexity index is 381. The van der Waals surface area contributed by atoms with Crippen LogP contribution in [0.2, 0.25) is 0 Å². The second-order valence-corrected chi connectivity index (χ2v) is 6.06. The van der Waals surface area contributed by atoms with Gasteiger partial charge in [-0.15, -0.1) is 0 Å². The van der Waals surface area contributed by atoms with Crippen LogP contribution in [0.5, 0.6) is 0 Å². The zero-order valence-electron chi connectivity index (χ0n) is 8.89. The summed E-state index contributed by atoms with van der Waals surface area (Å²) in [7, 11) is -3.46. The van der Waals surface area contributed by atoms with E-state index in [0.717, 1.165) is 6.26 Å². The summed E-state index contributed by atoms with van der Waals surface area (Å²) in [4.78, 5) is 13.9. The van der Waals surface area contributed by atoms with Gasteiger partial charge in [-0.1, -0.05) is 5.11 Å². The fourth-order valence-electron chi connectivity index (χ4n) is 0.645. The predicted molar refractivity (Wildman–Crippen MR) is 55.9 cm³/mol. The Labute approximate surface area is 88.4 Å². The van der Waals surface area contributed by atoms with Crippen molar-refractivity contribution in [3.05, 3.63) is 10.4 Å². The van der Waals surface area contributed by atoms with Crippen LogP contribution < -0.4 is 5.32 Å². The minimum absolute atomic E-state index is 0.0993. The SMILES string of the molecule is CC(C)(C(=O)NCCN=[N+]=[N-])S(C)(=O)=O. The van der Waals surface area contributed by atoms with E-state index in [1.54, 1.807) is 0 Å². The molecule has 0 spiro atoms. The molecule has 0 saturated carbocycles. The number of hydrogen-bond donors (Lipinski definition) is 1. The molecule has 0 aromatic heterocycles. The normalized spacial score (nSPS) is 11.7. The number of nitrogens with one attached hydrogen (secondary N) is 1. The lowest BCUT2D eigenvalue weighted by Gasteiger charge is -2.20. The van der Waals surface area contributed by atoms with E-state index in [1.165, 1.54) is 13.8 Å². The third-order valence-electron chi connectivity index (χ3n) is 2.03. The fourth-order valence-corrected chi connectivity index (χ4v) is 1.05. The smallest absolute Gasteiger partial charge is 0.240 e. The molecule has 0 unspecified atom stereocenters. The molecule has 0 saturated heterocycles. The number of rotatable bonds is 5. The summed E-state index contributed by atoms with van der Waals surface area (Å²) in [6, 6.07) is 0. The second-order valence-electron chi connectivity index (χ2n) is 3.49. The van der Waals surface area contributed by atoms with Gasteiger partial charge in [0.05, 0.1) is 0 Å². The highest BCUT2D eigenvalue weighted by Crippen LogP contribution is 2.14. The minimum Gasteiger partial charge on any atom is -0.355 e. The van der Waals surface area contributed by atoms with E-state index in [0.29, 0.717) is 0 Å². The molecule has 86 valence electrons. The van der Waals surface area contributed by atoms with Crippen LogP contribution >= 0.6 is 0 Å². The van der Waals surface area contributed by atoms with E-state index in [1.807, 2.05) is 0 Å². The lowest BCUT2D eigenvalue weighted by atomic mass is 10.2. The Kier molecular flexibility index (Phi) is 4.57.